The van der Waals surface area contributed by atoms with Crippen LogP contribution >= 0.6 is 0 Å². The Morgan fingerprint density at radius 3 is 3.00 bits per heavy atom. The molecule has 2 aromatic rings. The van der Waals surface area contributed by atoms with Crippen LogP contribution in [0.4, 0.5) is 0 Å². The molecule has 0 radical (unpaired) electrons. The number of aromatic nitrogens is 1. The van der Waals surface area contributed by atoms with E-state index in [4.69, 9.17) is 4.42 Å². The molecule has 0 spiro atoms. The Morgan fingerprint density at radius 2 is 2.24 bits per heavy atom. The molecular formula is C13H16N2O2. The van der Waals surface area contributed by atoms with Crippen molar-refractivity contribution in [1.82, 2.24) is 9.88 Å². The van der Waals surface area contributed by atoms with Crippen molar-refractivity contribution in [3.8, 4) is 0 Å². The number of hydrogen-bond acceptors (Lipinski definition) is 3. The van der Waals surface area contributed by atoms with E-state index >= 15 is 0 Å². The Bertz CT molecular complexity index is 514. The third-order valence-corrected chi connectivity index (χ3v) is 2.62. The van der Waals surface area contributed by atoms with Crippen LogP contribution < -0.4 is 10.9 Å². The number of nitrogens with one attached hydrogen (secondary N) is 1. The first kappa shape index (κ1) is 11.7. The zero-order valence-electron chi connectivity index (χ0n) is 9.85. The van der Waals surface area contributed by atoms with Crippen LogP contribution in [0.3, 0.4) is 0 Å². The van der Waals surface area contributed by atoms with Crippen molar-refractivity contribution >= 4 is 0 Å². The quantitative estimate of drug-likeness (QED) is 0.795. The maximum absolute atomic E-state index is 11.7. The maximum Gasteiger partial charge on any atom is 0.253 e. The lowest BCUT2D eigenvalue weighted by atomic mass is 10.3. The van der Waals surface area contributed by atoms with Crippen LogP contribution in [0.15, 0.2) is 45.9 Å². The van der Waals surface area contributed by atoms with Crippen LogP contribution in [-0.2, 0) is 13.1 Å². The lowest BCUT2D eigenvalue weighted by Crippen LogP contribution is -2.27. The normalized spacial score (nSPS) is 10.6. The maximum atomic E-state index is 11.7. The fourth-order valence-corrected chi connectivity index (χ4v) is 1.66. The van der Waals surface area contributed by atoms with E-state index in [1.54, 1.807) is 10.8 Å². The van der Waals surface area contributed by atoms with Crippen molar-refractivity contribution in [2.24, 2.45) is 0 Å². The molecule has 0 saturated heterocycles. The Labute approximate surface area is 99.9 Å². The second kappa shape index (κ2) is 5.50. The Kier molecular flexibility index (Phi) is 3.77. The van der Waals surface area contributed by atoms with E-state index in [9.17, 15) is 4.79 Å². The average molecular weight is 232 g/mol. The molecule has 0 atom stereocenters. The number of aryl methyl sites for hydroxylation is 1. The fourth-order valence-electron chi connectivity index (χ4n) is 1.66. The molecule has 2 rings (SSSR count). The minimum atomic E-state index is 0.0762. The average Bonchev–Trinajstić information content (AvgIpc) is 2.83. The summed E-state index contributed by atoms with van der Waals surface area (Å²) in [5.74, 6) is 0.904. The van der Waals surface area contributed by atoms with Crippen LogP contribution in [0, 0.1) is 6.92 Å². The molecule has 17 heavy (non-hydrogen) atoms. The van der Waals surface area contributed by atoms with E-state index in [0.29, 0.717) is 13.1 Å². The van der Waals surface area contributed by atoms with E-state index in [1.807, 2.05) is 37.4 Å². The Balaban J connectivity index is 1.82. The van der Waals surface area contributed by atoms with Gasteiger partial charge in [-0.25, -0.2) is 0 Å². The number of furan rings is 1. The molecule has 2 aromatic heterocycles. The van der Waals surface area contributed by atoms with E-state index in [0.717, 1.165) is 17.9 Å². The SMILES string of the molecule is Cc1cccn(CCNCc2ccco2)c1=O. The number of rotatable bonds is 5. The van der Waals surface area contributed by atoms with Crippen LogP contribution in [0.2, 0.25) is 0 Å². The van der Waals surface area contributed by atoms with Crippen LogP contribution in [0.25, 0.3) is 0 Å². The molecular weight excluding hydrogens is 216 g/mol. The summed E-state index contributed by atoms with van der Waals surface area (Å²) in [6, 6.07) is 7.51. The second-order valence-corrected chi connectivity index (χ2v) is 3.95. The molecule has 0 aliphatic rings. The first-order chi connectivity index (χ1) is 8.27. The summed E-state index contributed by atoms with van der Waals surface area (Å²) in [6.45, 7) is 3.92. The number of hydrogen-bond donors (Lipinski definition) is 1. The highest BCUT2D eigenvalue weighted by molar-refractivity contribution is 5.07. The lowest BCUT2D eigenvalue weighted by molar-refractivity contribution is 0.474. The van der Waals surface area contributed by atoms with Gasteiger partial charge >= 0.3 is 0 Å². The lowest BCUT2D eigenvalue weighted by Gasteiger charge is -2.06. The van der Waals surface area contributed by atoms with Crippen LogP contribution in [-0.4, -0.2) is 11.1 Å². The second-order valence-electron chi connectivity index (χ2n) is 3.95. The Hall–Kier alpha value is -1.81. The molecule has 0 bridgehead atoms. The monoisotopic (exact) mass is 232 g/mol. The molecule has 0 saturated carbocycles. The Morgan fingerprint density at radius 1 is 1.35 bits per heavy atom. The van der Waals surface area contributed by atoms with E-state index < -0.39 is 0 Å². The standard InChI is InChI=1S/C13H16N2O2/c1-11-4-2-7-15(13(11)16)8-6-14-10-12-5-3-9-17-12/h2-5,7,9,14H,6,8,10H2,1H3. The predicted molar refractivity (Wildman–Crippen MR) is 65.9 cm³/mol. The third-order valence-electron chi connectivity index (χ3n) is 2.62. The summed E-state index contributed by atoms with van der Waals surface area (Å²) in [4.78, 5) is 11.7. The first-order valence-electron chi connectivity index (χ1n) is 5.66. The van der Waals surface area contributed by atoms with Crippen molar-refractivity contribution in [2.75, 3.05) is 6.54 Å². The smallest absolute Gasteiger partial charge is 0.253 e. The molecule has 1 N–H and O–H groups in total. The van der Waals surface area contributed by atoms with E-state index in [-0.39, 0.29) is 5.56 Å². The molecule has 4 heteroatoms. The fraction of sp³-hybridized carbons (Fsp3) is 0.308. The van der Waals surface area contributed by atoms with Gasteiger partial charge in [-0.1, -0.05) is 6.07 Å². The van der Waals surface area contributed by atoms with Crippen molar-refractivity contribution in [3.05, 3.63) is 58.4 Å². The highest BCUT2D eigenvalue weighted by Gasteiger charge is 1.98. The summed E-state index contributed by atoms with van der Waals surface area (Å²) < 4.78 is 6.91. The van der Waals surface area contributed by atoms with Crippen molar-refractivity contribution < 1.29 is 4.42 Å². The van der Waals surface area contributed by atoms with Gasteiger partial charge < -0.3 is 14.3 Å². The highest BCUT2D eigenvalue weighted by atomic mass is 16.3. The van der Waals surface area contributed by atoms with Gasteiger partial charge in [-0.15, -0.1) is 0 Å². The molecule has 4 nitrogen and oxygen atoms in total. The summed E-state index contributed by atoms with van der Waals surface area (Å²) in [5.41, 5.74) is 0.853. The minimum absolute atomic E-state index is 0.0762. The molecule has 0 aliphatic heterocycles. The number of nitrogens with zero attached hydrogens (tertiary/aromatic N) is 1. The summed E-state index contributed by atoms with van der Waals surface area (Å²) >= 11 is 0. The molecule has 0 aliphatic carbocycles. The van der Waals surface area contributed by atoms with Gasteiger partial charge in [-0.2, -0.15) is 0 Å². The van der Waals surface area contributed by atoms with E-state index in [2.05, 4.69) is 5.32 Å². The van der Waals surface area contributed by atoms with Gasteiger partial charge in [0.25, 0.3) is 5.56 Å². The van der Waals surface area contributed by atoms with Gasteiger partial charge in [-0.3, -0.25) is 4.79 Å². The molecule has 2 heterocycles. The zero-order chi connectivity index (χ0) is 12.1. The van der Waals surface area contributed by atoms with Gasteiger partial charge in [0.05, 0.1) is 12.8 Å². The topological polar surface area (TPSA) is 47.2 Å². The predicted octanol–water partition coefficient (Wildman–Crippen LogP) is 1.54. The first-order valence-corrected chi connectivity index (χ1v) is 5.66. The number of pyridine rings is 1. The molecule has 0 unspecified atom stereocenters. The summed E-state index contributed by atoms with van der Waals surface area (Å²) in [5, 5.41) is 3.23. The zero-order valence-corrected chi connectivity index (χ0v) is 9.85. The molecule has 0 fully saturated rings. The van der Waals surface area contributed by atoms with Gasteiger partial charge in [0.15, 0.2) is 0 Å². The minimum Gasteiger partial charge on any atom is -0.468 e. The van der Waals surface area contributed by atoms with Gasteiger partial charge in [-0.05, 0) is 25.1 Å². The third kappa shape index (κ3) is 3.07. The van der Waals surface area contributed by atoms with Gasteiger partial charge in [0.2, 0.25) is 0 Å². The largest absolute Gasteiger partial charge is 0.468 e. The van der Waals surface area contributed by atoms with E-state index in [1.165, 1.54) is 0 Å². The molecule has 0 amide bonds. The van der Waals surface area contributed by atoms with Crippen molar-refractivity contribution in [3.63, 3.8) is 0 Å². The van der Waals surface area contributed by atoms with Crippen molar-refractivity contribution in [1.29, 1.82) is 0 Å². The summed E-state index contributed by atoms with van der Waals surface area (Å²) in [7, 11) is 0. The van der Waals surface area contributed by atoms with Crippen molar-refractivity contribution in [2.45, 2.75) is 20.0 Å². The molecule has 90 valence electrons. The summed E-state index contributed by atoms with van der Waals surface area (Å²) in [6.07, 6.45) is 3.46. The van der Waals surface area contributed by atoms with Crippen LogP contribution in [0.1, 0.15) is 11.3 Å². The van der Waals surface area contributed by atoms with Gasteiger partial charge in [0.1, 0.15) is 5.76 Å². The van der Waals surface area contributed by atoms with Gasteiger partial charge in [0, 0.05) is 24.8 Å². The highest BCUT2D eigenvalue weighted by Crippen LogP contribution is 1.98. The van der Waals surface area contributed by atoms with Crippen LogP contribution in [0.5, 0.6) is 0 Å². The molecule has 0 aromatic carbocycles.